The minimum Gasteiger partial charge on any atom is -0.369 e. The first-order chi connectivity index (χ1) is 16.5. The monoisotopic (exact) mass is 464 g/mol. The summed E-state index contributed by atoms with van der Waals surface area (Å²) in [7, 11) is 3.78. The Hall–Kier alpha value is -4.28. The molecule has 4 rings (SSSR count). The Bertz CT molecular complexity index is 1420. The molecule has 3 aromatic carbocycles. The number of aryl methyl sites for hydroxylation is 1. The van der Waals surface area contributed by atoms with Gasteiger partial charge in [0.1, 0.15) is 6.07 Å². The Labute approximate surface area is 203 Å². The van der Waals surface area contributed by atoms with Crippen molar-refractivity contribution in [1.82, 2.24) is 9.47 Å². The van der Waals surface area contributed by atoms with Crippen LogP contribution in [-0.2, 0) is 0 Å². The van der Waals surface area contributed by atoms with Crippen LogP contribution in [0.1, 0.15) is 16.0 Å². The first-order valence-electron chi connectivity index (χ1n) is 10.7. The molecule has 7 heteroatoms. The number of hydrogen-bond donors (Lipinski definition) is 0. The quantitative estimate of drug-likeness (QED) is 0.284. The van der Waals surface area contributed by atoms with Crippen LogP contribution in [0.3, 0.4) is 0 Å². The van der Waals surface area contributed by atoms with Crippen LogP contribution in [0, 0.1) is 18.3 Å². The number of para-hydroxylation sites is 2. The second-order valence-electron chi connectivity index (χ2n) is 7.78. The van der Waals surface area contributed by atoms with Gasteiger partial charge < -0.3 is 4.90 Å². The van der Waals surface area contributed by atoms with E-state index in [4.69, 9.17) is 9.98 Å². The van der Waals surface area contributed by atoms with Crippen LogP contribution >= 0.6 is 11.3 Å². The fraction of sp³-hybridized carbons (Fsp3) is 0.111. The predicted octanol–water partition coefficient (Wildman–Crippen LogP) is 5.62. The third-order valence-electron chi connectivity index (χ3n) is 4.83. The summed E-state index contributed by atoms with van der Waals surface area (Å²) in [6.45, 7) is 2.05. The van der Waals surface area contributed by atoms with Crippen molar-refractivity contribution in [2.75, 3.05) is 14.1 Å². The molecule has 0 unspecified atom stereocenters. The predicted molar refractivity (Wildman–Crippen MR) is 140 cm³/mol. The van der Waals surface area contributed by atoms with E-state index >= 15 is 0 Å². The van der Waals surface area contributed by atoms with E-state index in [1.165, 1.54) is 11.3 Å². The number of aliphatic imine (C=N–C) groups is 2. The molecule has 168 valence electrons. The molecule has 1 aromatic heterocycles. The third-order valence-corrected chi connectivity index (χ3v) is 5.76. The van der Waals surface area contributed by atoms with Gasteiger partial charge in [0.15, 0.2) is 21.3 Å². The molecule has 0 aliphatic rings. The summed E-state index contributed by atoms with van der Waals surface area (Å²) in [5, 5.41) is 9.87. The van der Waals surface area contributed by atoms with Gasteiger partial charge in [0.25, 0.3) is 0 Å². The second-order valence-corrected chi connectivity index (χ2v) is 8.75. The minimum absolute atomic E-state index is 0.476. The van der Waals surface area contributed by atoms with Crippen molar-refractivity contribution in [3.63, 3.8) is 0 Å². The number of rotatable bonds is 5. The van der Waals surface area contributed by atoms with Gasteiger partial charge in [0, 0.05) is 25.3 Å². The lowest BCUT2D eigenvalue weighted by Gasteiger charge is -2.08. The lowest BCUT2D eigenvalue weighted by Crippen LogP contribution is -2.16. The molecule has 0 bridgehead atoms. The summed E-state index contributed by atoms with van der Waals surface area (Å²) in [6.07, 6.45) is 1.69. The van der Waals surface area contributed by atoms with Gasteiger partial charge in [-0.3, -0.25) is 4.57 Å². The molecule has 1 heterocycles. The molecule has 0 amide bonds. The van der Waals surface area contributed by atoms with Crippen LogP contribution < -0.4 is 4.80 Å². The summed E-state index contributed by atoms with van der Waals surface area (Å²) in [5.74, 6) is 1.10. The average molecular weight is 465 g/mol. The van der Waals surface area contributed by atoms with Crippen molar-refractivity contribution >= 4 is 35.0 Å². The summed E-state index contributed by atoms with van der Waals surface area (Å²) in [6, 6.07) is 29.9. The SMILES string of the molecule is Cc1ccc(C(=Nc2ccccc2)N=c2sc(C#N)c(N=CN(C)C)n2-c2ccccc2)cc1. The van der Waals surface area contributed by atoms with E-state index in [1.807, 2.05) is 115 Å². The summed E-state index contributed by atoms with van der Waals surface area (Å²) in [5.41, 5.74) is 3.72. The largest absolute Gasteiger partial charge is 0.369 e. The number of nitriles is 1. The van der Waals surface area contributed by atoms with E-state index in [9.17, 15) is 5.26 Å². The Morgan fingerprint density at radius 1 is 0.941 bits per heavy atom. The third kappa shape index (κ3) is 5.37. The normalized spacial score (nSPS) is 12.2. The van der Waals surface area contributed by atoms with E-state index in [0.717, 1.165) is 22.5 Å². The maximum absolute atomic E-state index is 9.87. The standard InChI is InChI=1S/C27H24N6S/c1-20-14-16-21(17-15-20)25(30-22-10-6-4-7-11-22)31-27-33(23-12-8-5-9-13-23)26(24(18-28)34-27)29-19-32(2)3/h4-17,19H,1-3H3. The Balaban J connectivity index is 2.00. The fourth-order valence-corrected chi connectivity index (χ4v) is 4.07. The lowest BCUT2D eigenvalue weighted by atomic mass is 10.1. The Kier molecular flexibility index (Phi) is 7.11. The molecule has 0 aliphatic carbocycles. The topological polar surface area (TPSA) is 69.0 Å². The number of benzene rings is 3. The maximum Gasteiger partial charge on any atom is 0.199 e. The van der Waals surface area contributed by atoms with Crippen LogP contribution in [-0.4, -0.2) is 35.7 Å². The molecule has 34 heavy (non-hydrogen) atoms. The Morgan fingerprint density at radius 3 is 2.21 bits per heavy atom. The lowest BCUT2D eigenvalue weighted by molar-refractivity contribution is 0.642. The fourth-order valence-electron chi connectivity index (χ4n) is 3.19. The highest BCUT2D eigenvalue weighted by Gasteiger charge is 2.16. The highest BCUT2D eigenvalue weighted by Crippen LogP contribution is 2.25. The molecule has 0 fully saturated rings. The van der Waals surface area contributed by atoms with E-state index in [-0.39, 0.29) is 0 Å². The second kappa shape index (κ2) is 10.6. The van der Waals surface area contributed by atoms with E-state index < -0.39 is 0 Å². The zero-order valence-corrected chi connectivity index (χ0v) is 20.1. The first kappa shape index (κ1) is 22.9. The van der Waals surface area contributed by atoms with Crippen LogP contribution in [0.15, 0.2) is 99.9 Å². The van der Waals surface area contributed by atoms with Crippen LogP contribution in [0.4, 0.5) is 11.5 Å². The minimum atomic E-state index is 0.476. The summed E-state index contributed by atoms with van der Waals surface area (Å²) < 4.78 is 1.90. The van der Waals surface area contributed by atoms with Crippen molar-refractivity contribution in [3.05, 3.63) is 106 Å². The molecule has 0 aliphatic heterocycles. The molecule has 0 spiro atoms. The van der Waals surface area contributed by atoms with Crippen molar-refractivity contribution < 1.29 is 0 Å². The van der Waals surface area contributed by atoms with E-state index in [2.05, 4.69) is 11.1 Å². The molecule has 0 radical (unpaired) electrons. The van der Waals surface area contributed by atoms with Crippen molar-refractivity contribution in [1.29, 1.82) is 5.26 Å². The van der Waals surface area contributed by atoms with Gasteiger partial charge in [0.2, 0.25) is 0 Å². The molecule has 0 saturated heterocycles. The highest BCUT2D eigenvalue weighted by molar-refractivity contribution is 7.10. The number of amidine groups is 1. The average Bonchev–Trinajstić information content (AvgIpc) is 3.21. The first-order valence-corrected chi connectivity index (χ1v) is 11.5. The zero-order valence-electron chi connectivity index (χ0n) is 19.3. The van der Waals surface area contributed by atoms with Crippen molar-refractivity contribution in [3.8, 4) is 11.8 Å². The highest BCUT2D eigenvalue weighted by atomic mass is 32.1. The van der Waals surface area contributed by atoms with Crippen molar-refractivity contribution in [2.45, 2.75) is 6.92 Å². The van der Waals surface area contributed by atoms with Gasteiger partial charge in [-0.25, -0.2) is 15.0 Å². The number of hydrogen-bond acceptors (Lipinski definition) is 4. The van der Waals surface area contributed by atoms with Gasteiger partial charge in [-0.15, -0.1) is 0 Å². The number of aromatic nitrogens is 1. The molecule has 0 atom stereocenters. The van der Waals surface area contributed by atoms with Crippen LogP contribution in [0.25, 0.3) is 5.69 Å². The molecular weight excluding hydrogens is 440 g/mol. The van der Waals surface area contributed by atoms with Gasteiger partial charge in [-0.05, 0) is 31.2 Å². The van der Waals surface area contributed by atoms with E-state index in [1.54, 1.807) is 6.34 Å². The van der Waals surface area contributed by atoms with Crippen molar-refractivity contribution in [2.24, 2.45) is 15.0 Å². The summed E-state index contributed by atoms with van der Waals surface area (Å²) in [4.78, 5) is 17.3. The number of thiazole rings is 1. The van der Waals surface area contributed by atoms with E-state index in [0.29, 0.717) is 21.3 Å². The smallest absolute Gasteiger partial charge is 0.199 e. The zero-order chi connectivity index (χ0) is 23.9. The van der Waals surface area contributed by atoms with Crippen LogP contribution in [0.2, 0.25) is 0 Å². The maximum atomic E-state index is 9.87. The molecule has 0 N–H and O–H groups in total. The van der Waals surface area contributed by atoms with Gasteiger partial charge >= 0.3 is 0 Å². The van der Waals surface area contributed by atoms with Gasteiger partial charge in [-0.1, -0.05) is 77.6 Å². The number of nitrogens with zero attached hydrogens (tertiary/aromatic N) is 6. The molecule has 0 saturated carbocycles. The summed E-state index contributed by atoms with van der Waals surface area (Å²) >= 11 is 1.29. The van der Waals surface area contributed by atoms with Crippen LogP contribution in [0.5, 0.6) is 0 Å². The molecular formula is C27H24N6S. The van der Waals surface area contributed by atoms with Gasteiger partial charge in [0.05, 0.1) is 12.0 Å². The molecule has 4 aromatic rings. The Morgan fingerprint density at radius 2 is 1.59 bits per heavy atom. The van der Waals surface area contributed by atoms with Gasteiger partial charge in [-0.2, -0.15) is 5.26 Å². The molecule has 6 nitrogen and oxygen atoms in total.